The van der Waals surface area contributed by atoms with Crippen LogP contribution in [-0.2, 0) is 6.54 Å². The first kappa shape index (κ1) is 15.4. The fraction of sp³-hybridized carbons (Fsp3) is 0.235. The monoisotopic (exact) mass is 303 g/mol. The molecule has 0 aliphatic rings. The summed E-state index contributed by atoms with van der Waals surface area (Å²) in [6.45, 7) is 4.94. The fourth-order valence-electron chi connectivity index (χ4n) is 2.02. The highest BCUT2D eigenvalue weighted by Gasteiger charge is 2.09. The van der Waals surface area contributed by atoms with Crippen molar-refractivity contribution < 1.29 is 9.53 Å². The molecule has 0 aromatic heterocycles. The van der Waals surface area contributed by atoms with Crippen molar-refractivity contribution in [1.29, 1.82) is 0 Å². The molecule has 0 bridgehead atoms. The van der Waals surface area contributed by atoms with Gasteiger partial charge in [0.25, 0.3) is 5.91 Å². The summed E-state index contributed by atoms with van der Waals surface area (Å²) in [5, 5.41) is 3.33. The lowest BCUT2D eigenvalue weighted by molar-refractivity contribution is 0.0951. The van der Waals surface area contributed by atoms with E-state index < -0.39 is 0 Å². The van der Waals surface area contributed by atoms with Gasteiger partial charge < -0.3 is 10.1 Å². The third-order valence-electron chi connectivity index (χ3n) is 3.03. The molecule has 0 atom stereocenters. The number of ether oxygens (including phenoxy) is 1. The minimum atomic E-state index is -0.151. The molecule has 4 heteroatoms. The van der Waals surface area contributed by atoms with Gasteiger partial charge in [0.2, 0.25) is 0 Å². The van der Waals surface area contributed by atoms with Crippen LogP contribution in [0.2, 0.25) is 5.02 Å². The van der Waals surface area contributed by atoms with Gasteiger partial charge in [0.05, 0.1) is 11.6 Å². The van der Waals surface area contributed by atoms with Crippen LogP contribution in [-0.4, -0.2) is 12.5 Å². The highest BCUT2D eigenvalue weighted by atomic mass is 35.5. The molecule has 0 fully saturated rings. The van der Waals surface area contributed by atoms with Crippen LogP contribution in [0.4, 0.5) is 0 Å². The molecule has 0 unspecified atom stereocenters. The summed E-state index contributed by atoms with van der Waals surface area (Å²) in [5.41, 5.74) is 2.77. The van der Waals surface area contributed by atoms with Crippen molar-refractivity contribution in [2.75, 3.05) is 6.61 Å². The smallest absolute Gasteiger partial charge is 0.251 e. The van der Waals surface area contributed by atoms with E-state index in [9.17, 15) is 4.79 Å². The molecule has 0 saturated carbocycles. The summed E-state index contributed by atoms with van der Waals surface area (Å²) < 4.78 is 5.35. The third-order valence-corrected chi connectivity index (χ3v) is 3.32. The quantitative estimate of drug-likeness (QED) is 0.907. The van der Waals surface area contributed by atoms with E-state index >= 15 is 0 Å². The SMILES string of the molecule is CCOc1ccc(C(=O)NCc2cccc(C)c2)cc1Cl. The molecule has 0 aliphatic heterocycles. The first-order valence-electron chi connectivity index (χ1n) is 6.86. The Bertz CT molecular complexity index is 640. The topological polar surface area (TPSA) is 38.3 Å². The number of nitrogens with one attached hydrogen (secondary N) is 1. The Labute approximate surface area is 129 Å². The third kappa shape index (κ3) is 4.23. The molecule has 0 radical (unpaired) electrons. The van der Waals surface area contributed by atoms with E-state index in [1.54, 1.807) is 18.2 Å². The highest BCUT2D eigenvalue weighted by molar-refractivity contribution is 6.32. The lowest BCUT2D eigenvalue weighted by Gasteiger charge is -2.09. The number of carbonyl (C=O) groups excluding carboxylic acids is 1. The normalized spacial score (nSPS) is 10.2. The van der Waals surface area contributed by atoms with E-state index in [0.29, 0.717) is 29.5 Å². The van der Waals surface area contributed by atoms with E-state index in [1.165, 1.54) is 5.56 Å². The molecule has 110 valence electrons. The average molecular weight is 304 g/mol. The van der Waals surface area contributed by atoms with Crippen LogP contribution >= 0.6 is 11.6 Å². The van der Waals surface area contributed by atoms with Gasteiger partial charge in [-0.1, -0.05) is 41.4 Å². The molecule has 3 nitrogen and oxygen atoms in total. The highest BCUT2D eigenvalue weighted by Crippen LogP contribution is 2.25. The standard InChI is InChI=1S/C17H18ClNO2/c1-3-21-16-8-7-14(10-15(16)18)17(20)19-11-13-6-4-5-12(2)9-13/h4-10H,3,11H2,1-2H3,(H,19,20). The Hall–Kier alpha value is -2.00. The summed E-state index contributed by atoms with van der Waals surface area (Å²) in [4.78, 5) is 12.1. The van der Waals surface area contributed by atoms with Crippen LogP contribution in [0.5, 0.6) is 5.75 Å². The molecule has 0 heterocycles. The van der Waals surface area contributed by atoms with E-state index in [2.05, 4.69) is 5.32 Å². The fourth-order valence-corrected chi connectivity index (χ4v) is 2.26. The largest absolute Gasteiger partial charge is 0.492 e. The van der Waals surface area contributed by atoms with Gasteiger partial charge in [0.15, 0.2) is 0 Å². The zero-order valence-electron chi connectivity index (χ0n) is 12.2. The molecule has 0 spiro atoms. The van der Waals surface area contributed by atoms with Gasteiger partial charge in [0, 0.05) is 12.1 Å². The second kappa shape index (κ2) is 7.14. The predicted molar refractivity (Wildman–Crippen MR) is 85.0 cm³/mol. The van der Waals surface area contributed by atoms with Crippen molar-refractivity contribution >= 4 is 17.5 Å². The van der Waals surface area contributed by atoms with Gasteiger partial charge in [-0.2, -0.15) is 0 Å². The van der Waals surface area contributed by atoms with Crippen LogP contribution in [0.1, 0.15) is 28.4 Å². The van der Waals surface area contributed by atoms with Crippen LogP contribution in [0.3, 0.4) is 0 Å². The Morgan fingerprint density at radius 1 is 1.24 bits per heavy atom. The number of hydrogen-bond acceptors (Lipinski definition) is 2. The number of benzene rings is 2. The maximum atomic E-state index is 12.1. The van der Waals surface area contributed by atoms with Crippen molar-refractivity contribution in [3.8, 4) is 5.75 Å². The van der Waals surface area contributed by atoms with Crippen LogP contribution in [0, 0.1) is 6.92 Å². The van der Waals surface area contributed by atoms with Crippen molar-refractivity contribution in [2.45, 2.75) is 20.4 Å². The Balaban J connectivity index is 2.02. The van der Waals surface area contributed by atoms with Crippen LogP contribution in [0.15, 0.2) is 42.5 Å². The van der Waals surface area contributed by atoms with E-state index in [-0.39, 0.29) is 5.91 Å². The number of carbonyl (C=O) groups is 1. The maximum absolute atomic E-state index is 12.1. The molecule has 0 saturated heterocycles. The van der Waals surface area contributed by atoms with Crippen molar-refractivity contribution in [3.63, 3.8) is 0 Å². The first-order valence-corrected chi connectivity index (χ1v) is 7.24. The van der Waals surface area contributed by atoms with Crippen LogP contribution < -0.4 is 10.1 Å². The second-order valence-corrected chi connectivity index (χ2v) is 5.16. The van der Waals surface area contributed by atoms with Gasteiger partial charge >= 0.3 is 0 Å². The van der Waals surface area contributed by atoms with Crippen molar-refractivity contribution in [1.82, 2.24) is 5.32 Å². The van der Waals surface area contributed by atoms with Gasteiger partial charge in [-0.3, -0.25) is 4.79 Å². The van der Waals surface area contributed by atoms with Gasteiger partial charge in [-0.15, -0.1) is 0 Å². The molecule has 2 aromatic carbocycles. The maximum Gasteiger partial charge on any atom is 0.251 e. The lowest BCUT2D eigenvalue weighted by atomic mass is 10.1. The van der Waals surface area contributed by atoms with E-state index in [4.69, 9.17) is 16.3 Å². The summed E-state index contributed by atoms with van der Waals surface area (Å²) in [6, 6.07) is 13.1. The number of aryl methyl sites for hydroxylation is 1. The molecular weight excluding hydrogens is 286 g/mol. The molecule has 2 aromatic rings. The number of hydrogen-bond donors (Lipinski definition) is 1. The molecule has 0 aliphatic carbocycles. The summed E-state index contributed by atoms with van der Waals surface area (Å²) in [6.07, 6.45) is 0. The molecule has 1 N–H and O–H groups in total. The Morgan fingerprint density at radius 3 is 2.71 bits per heavy atom. The predicted octanol–water partition coefficient (Wildman–Crippen LogP) is 3.98. The molecule has 1 amide bonds. The molecule has 21 heavy (non-hydrogen) atoms. The van der Waals surface area contributed by atoms with Gasteiger partial charge in [-0.25, -0.2) is 0 Å². The summed E-state index contributed by atoms with van der Waals surface area (Å²) in [5.74, 6) is 0.441. The Morgan fingerprint density at radius 2 is 2.05 bits per heavy atom. The first-order chi connectivity index (χ1) is 10.1. The van der Waals surface area contributed by atoms with E-state index in [1.807, 2.05) is 38.1 Å². The Kier molecular flexibility index (Phi) is 5.23. The zero-order chi connectivity index (χ0) is 15.2. The van der Waals surface area contributed by atoms with Crippen molar-refractivity contribution in [2.24, 2.45) is 0 Å². The van der Waals surface area contributed by atoms with Gasteiger partial charge in [-0.05, 0) is 37.6 Å². The minimum absolute atomic E-state index is 0.151. The number of rotatable bonds is 5. The minimum Gasteiger partial charge on any atom is -0.492 e. The molecular formula is C17H18ClNO2. The van der Waals surface area contributed by atoms with Gasteiger partial charge in [0.1, 0.15) is 5.75 Å². The number of halogens is 1. The summed E-state index contributed by atoms with van der Waals surface area (Å²) >= 11 is 6.09. The zero-order valence-corrected chi connectivity index (χ0v) is 12.9. The summed E-state index contributed by atoms with van der Waals surface area (Å²) in [7, 11) is 0. The van der Waals surface area contributed by atoms with E-state index in [0.717, 1.165) is 5.56 Å². The van der Waals surface area contributed by atoms with Crippen LogP contribution in [0.25, 0.3) is 0 Å². The number of amides is 1. The average Bonchev–Trinajstić information content (AvgIpc) is 2.47. The lowest BCUT2D eigenvalue weighted by Crippen LogP contribution is -2.22. The second-order valence-electron chi connectivity index (χ2n) is 4.75. The van der Waals surface area contributed by atoms with Crippen molar-refractivity contribution in [3.05, 3.63) is 64.2 Å². The molecule has 2 rings (SSSR count).